The number of urea groups is 1. The van der Waals surface area contributed by atoms with Crippen molar-refractivity contribution in [3.8, 4) is 0 Å². The van der Waals surface area contributed by atoms with Crippen LogP contribution in [0.1, 0.15) is 31.2 Å². The lowest BCUT2D eigenvalue weighted by molar-refractivity contribution is -0.388. The van der Waals surface area contributed by atoms with Crippen LogP contribution in [0, 0.1) is 16.0 Å². The smallest absolute Gasteiger partial charge is 0.382 e. The quantitative estimate of drug-likeness (QED) is 0.359. The Morgan fingerprint density at radius 2 is 1.68 bits per heavy atom. The molecule has 37 heavy (non-hydrogen) atoms. The second-order valence-electron chi connectivity index (χ2n) is 9.49. The van der Waals surface area contributed by atoms with Gasteiger partial charge in [-0.2, -0.15) is 13.2 Å². The van der Waals surface area contributed by atoms with Gasteiger partial charge in [0, 0.05) is 61.2 Å². The van der Waals surface area contributed by atoms with Crippen LogP contribution in [0.15, 0.2) is 42.5 Å². The predicted octanol–water partition coefficient (Wildman–Crippen LogP) is 5.77. The lowest BCUT2D eigenvalue weighted by atomic mass is 9.96. The maximum absolute atomic E-state index is 13.2. The average Bonchev–Trinajstić information content (AvgIpc) is 2.88. The minimum absolute atomic E-state index is 0.131. The molecular formula is C25H29ClF3N5O3. The third-order valence-electron chi connectivity index (χ3n) is 7.00. The number of nitrogens with one attached hydrogen (secondary N) is 2. The molecule has 4 rings (SSSR count). The predicted molar refractivity (Wildman–Crippen MR) is 136 cm³/mol. The number of halogens is 4. The second kappa shape index (κ2) is 11.5. The maximum Gasteiger partial charge on any atom is 0.423 e. The normalized spacial score (nSPS) is 17.5. The van der Waals surface area contributed by atoms with Gasteiger partial charge >= 0.3 is 12.2 Å². The molecule has 0 saturated carbocycles. The number of nitro benzene ring substituents is 1. The molecule has 2 fully saturated rings. The summed E-state index contributed by atoms with van der Waals surface area (Å²) in [7, 11) is 0. The van der Waals surface area contributed by atoms with Crippen LogP contribution in [-0.4, -0.2) is 54.6 Å². The Balaban J connectivity index is 1.20. The Labute approximate surface area is 217 Å². The summed E-state index contributed by atoms with van der Waals surface area (Å²) < 4.78 is 39.7. The Morgan fingerprint density at radius 3 is 2.27 bits per heavy atom. The van der Waals surface area contributed by atoms with Gasteiger partial charge in [0.25, 0.3) is 5.69 Å². The molecule has 200 valence electrons. The Hall–Kier alpha value is -3.21. The van der Waals surface area contributed by atoms with Gasteiger partial charge in [-0.1, -0.05) is 11.6 Å². The van der Waals surface area contributed by atoms with Crippen LogP contribution >= 0.6 is 11.6 Å². The van der Waals surface area contributed by atoms with E-state index in [4.69, 9.17) is 11.6 Å². The first-order chi connectivity index (χ1) is 17.6. The number of piperidine rings is 2. The summed E-state index contributed by atoms with van der Waals surface area (Å²) in [6.45, 7) is 3.37. The van der Waals surface area contributed by atoms with E-state index in [1.807, 2.05) is 24.3 Å². The molecule has 2 aromatic rings. The van der Waals surface area contributed by atoms with Crippen LogP contribution in [-0.2, 0) is 6.18 Å². The van der Waals surface area contributed by atoms with Gasteiger partial charge in [0.1, 0.15) is 5.56 Å². The van der Waals surface area contributed by atoms with Crippen molar-refractivity contribution in [3.05, 3.63) is 63.2 Å². The van der Waals surface area contributed by atoms with E-state index >= 15 is 0 Å². The number of rotatable bonds is 6. The highest BCUT2D eigenvalue weighted by molar-refractivity contribution is 6.30. The van der Waals surface area contributed by atoms with Crippen LogP contribution < -0.4 is 15.5 Å². The van der Waals surface area contributed by atoms with Gasteiger partial charge < -0.3 is 20.4 Å². The molecule has 2 aliphatic heterocycles. The summed E-state index contributed by atoms with van der Waals surface area (Å²) in [5, 5.41) is 17.7. The van der Waals surface area contributed by atoms with Crippen LogP contribution in [0.2, 0.25) is 5.02 Å². The molecule has 0 atom stereocenters. The number of likely N-dealkylation sites (tertiary alicyclic amines) is 1. The highest BCUT2D eigenvalue weighted by atomic mass is 35.5. The summed E-state index contributed by atoms with van der Waals surface area (Å²) in [6.07, 6.45) is -1.75. The lowest BCUT2D eigenvalue weighted by Gasteiger charge is -2.35. The third-order valence-corrected chi connectivity index (χ3v) is 7.25. The number of anilines is 2. The monoisotopic (exact) mass is 539 g/mol. The van der Waals surface area contributed by atoms with Gasteiger partial charge in [-0.3, -0.25) is 10.1 Å². The highest BCUT2D eigenvalue weighted by Gasteiger charge is 2.38. The molecular weight excluding hydrogens is 511 g/mol. The van der Waals surface area contributed by atoms with E-state index in [-0.39, 0.29) is 17.8 Å². The molecule has 0 spiro atoms. The van der Waals surface area contributed by atoms with Crippen molar-refractivity contribution in [1.29, 1.82) is 0 Å². The van der Waals surface area contributed by atoms with Gasteiger partial charge in [0.15, 0.2) is 0 Å². The summed E-state index contributed by atoms with van der Waals surface area (Å²) in [4.78, 5) is 26.6. The molecule has 0 radical (unpaired) electrons. The first-order valence-electron chi connectivity index (χ1n) is 12.3. The topological polar surface area (TPSA) is 90.8 Å². The fourth-order valence-corrected chi connectivity index (χ4v) is 4.99. The molecule has 12 heteroatoms. The first kappa shape index (κ1) is 26.8. The van der Waals surface area contributed by atoms with E-state index in [2.05, 4.69) is 15.5 Å². The SMILES string of the molecule is O=C(NCC1CCN(c2ccc(Cl)cc2)CC1)N1CCC(Nc2ccc([N+](=O)[O-])c(C(F)(F)F)c2)CC1. The zero-order valence-electron chi connectivity index (χ0n) is 20.1. The molecule has 8 nitrogen and oxygen atoms in total. The number of carbonyl (C=O) groups is 1. The van der Waals surface area contributed by atoms with E-state index in [1.165, 1.54) is 6.07 Å². The van der Waals surface area contributed by atoms with Gasteiger partial charge in [-0.05, 0) is 68.0 Å². The molecule has 0 bridgehead atoms. The third kappa shape index (κ3) is 6.97. The lowest BCUT2D eigenvalue weighted by Crippen LogP contribution is -2.48. The van der Waals surface area contributed by atoms with Crippen LogP contribution in [0.3, 0.4) is 0 Å². The second-order valence-corrected chi connectivity index (χ2v) is 9.92. The van der Waals surface area contributed by atoms with E-state index < -0.39 is 22.4 Å². The zero-order chi connectivity index (χ0) is 26.6. The zero-order valence-corrected chi connectivity index (χ0v) is 20.9. The van der Waals surface area contributed by atoms with Crippen molar-refractivity contribution in [2.45, 2.75) is 37.9 Å². The van der Waals surface area contributed by atoms with E-state index in [9.17, 15) is 28.1 Å². The fourth-order valence-electron chi connectivity index (χ4n) is 4.87. The van der Waals surface area contributed by atoms with Crippen LogP contribution in [0.25, 0.3) is 0 Å². The van der Waals surface area contributed by atoms with Gasteiger partial charge in [0.05, 0.1) is 4.92 Å². The van der Waals surface area contributed by atoms with Crippen molar-refractivity contribution in [2.75, 3.05) is 42.9 Å². The molecule has 2 aromatic carbocycles. The summed E-state index contributed by atoms with van der Waals surface area (Å²) in [5.74, 6) is 0.400. The highest BCUT2D eigenvalue weighted by Crippen LogP contribution is 2.38. The molecule has 2 N–H and O–H groups in total. The number of carbonyl (C=O) groups excluding carboxylic acids is 1. The Morgan fingerprint density at radius 1 is 1.03 bits per heavy atom. The number of nitro groups is 1. The summed E-state index contributed by atoms with van der Waals surface area (Å²) in [6, 6.07) is 10.5. The molecule has 2 saturated heterocycles. The van der Waals surface area contributed by atoms with E-state index in [0.29, 0.717) is 43.4 Å². The van der Waals surface area contributed by atoms with E-state index in [1.54, 1.807) is 4.90 Å². The molecule has 2 heterocycles. The molecule has 0 aliphatic carbocycles. The number of hydrogen-bond donors (Lipinski definition) is 2. The molecule has 0 unspecified atom stereocenters. The molecule has 2 amide bonds. The number of nitrogens with zero attached hydrogens (tertiary/aromatic N) is 3. The van der Waals surface area contributed by atoms with Crippen LogP contribution in [0.5, 0.6) is 0 Å². The maximum atomic E-state index is 13.2. The molecule has 2 aliphatic rings. The Kier molecular flexibility index (Phi) is 8.31. The minimum atomic E-state index is -4.83. The molecule has 0 aromatic heterocycles. The Bertz CT molecular complexity index is 1100. The largest absolute Gasteiger partial charge is 0.423 e. The number of benzene rings is 2. The van der Waals surface area contributed by atoms with Crippen molar-refractivity contribution in [1.82, 2.24) is 10.2 Å². The van der Waals surface area contributed by atoms with Crippen LogP contribution in [0.4, 0.5) is 35.0 Å². The number of hydrogen-bond acceptors (Lipinski definition) is 5. The van der Waals surface area contributed by atoms with Crippen molar-refractivity contribution in [2.24, 2.45) is 5.92 Å². The van der Waals surface area contributed by atoms with E-state index in [0.717, 1.165) is 43.8 Å². The van der Waals surface area contributed by atoms with Gasteiger partial charge in [0.2, 0.25) is 0 Å². The van der Waals surface area contributed by atoms with Gasteiger partial charge in [-0.15, -0.1) is 0 Å². The summed E-state index contributed by atoms with van der Waals surface area (Å²) in [5.41, 5.74) is -0.934. The fraction of sp³-hybridized carbons (Fsp3) is 0.480. The van der Waals surface area contributed by atoms with Gasteiger partial charge in [-0.25, -0.2) is 4.79 Å². The average molecular weight is 540 g/mol. The van der Waals surface area contributed by atoms with Crippen molar-refractivity contribution >= 4 is 34.7 Å². The standard InChI is InChI=1S/C25H29ClF3N5O3/c26-18-1-4-21(5-2-18)32-11-7-17(8-12-32)16-30-24(35)33-13-9-19(10-14-33)31-20-3-6-23(34(36)37)22(15-20)25(27,28)29/h1-6,15,17,19,31H,7-14,16H2,(H,30,35). The summed E-state index contributed by atoms with van der Waals surface area (Å²) >= 11 is 5.96. The van der Waals surface area contributed by atoms with Crippen molar-refractivity contribution < 1.29 is 22.9 Å². The van der Waals surface area contributed by atoms with Crippen molar-refractivity contribution in [3.63, 3.8) is 0 Å². The number of amides is 2. The first-order valence-corrected chi connectivity index (χ1v) is 12.6. The number of alkyl halides is 3. The minimum Gasteiger partial charge on any atom is -0.382 e.